The van der Waals surface area contributed by atoms with E-state index in [-0.39, 0.29) is 5.97 Å². The van der Waals surface area contributed by atoms with Crippen LogP contribution in [0.4, 0.5) is 0 Å². The van der Waals surface area contributed by atoms with Gasteiger partial charge in [-0.25, -0.2) is 4.79 Å². The highest BCUT2D eigenvalue weighted by molar-refractivity contribution is 5.93. The maximum Gasteiger partial charge on any atom is 0.338 e. The van der Waals surface area contributed by atoms with Gasteiger partial charge >= 0.3 is 5.97 Å². The minimum atomic E-state index is -0.177. The summed E-state index contributed by atoms with van der Waals surface area (Å²) in [5.74, 6) is -0.177. The number of aryl methyl sites for hydroxylation is 3. The number of carbonyl (C=O) groups excluding carboxylic acids is 1. The fraction of sp³-hybridized carbons (Fsp3) is 0.533. The number of esters is 1. The van der Waals surface area contributed by atoms with Crippen molar-refractivity contribution in [1.82, 2.24) is 0 Å². The van der Waals surface area contributed by atoms with Crippen molar-refractivity contribution in [2.24, 2.45) is 0 Å². The topological polar surface area (TPSA) is 26.3 Å². The molecule has 0 aliphatic heterocycles. The third kappa shape index (κ3) is 3.09. The summed E-state index contributed by atoms with van der Waals surface area (Å²) in [6, 6.07) is 4.26. The lowest BCUT2D eigenvalue weighted by Crippen LogP contribution is -2.12. The third-order valence-corrected chi connectivity index (χ3v) is 3.01. The molecule has 17 heavy (non-hydrogen) atoms. The normalized spacial score (nSPS) is 10.4. The Morgan fingerprint density at radius 1 is 1.00 bits per heavy atom. The fourth-order valence-electron chi connectivity index (χ4n) is 2.07. The van der Waals surface area contributed by atoms with Crippen LogP contribution in [0.1, 0.15) is 54.7 Å². The van der Waals surface area contributed by atoms with Crippen molar-refractivity contribution in [3.63, 3.8) is 0 Å². The molecule has 1 rings (SSSR count). The summed E-state index contributed by atoms with van der Waals surface area (Å²) in [5.41, 5.74) is 4.31. The molecular weight excluding hydrogens is 212 g/mol. The fourth-order valence-corrected chi connectivity index (χ4v) is 2.07. The number of hydrogen-bond acceptors (Lipinski definition) is 2. The van der Waals surface area contributed by atoms with Gasteiger partial charge in [0.15, 0.2) is 0 Å². The predicted octanol–water partition coefficient (Wildman–Crippen LogP) is 3.55. The van der Waals surface area contributed by atoms with Crippen LogP contribution in [-0.2, 0) is 24.0 Å². The van der Waals surface area contributed by atoms with Gasteiger partial charge in [0.25, 0.3) is 0 Å². The number of hydrogen-bond donors (Lipinski definition) is 0. The second-order valence-electron chi connectivity index (χ2n) is 4.07. The Morgan fingerprint density at radius 3 is 1.88 bits per heavy atom. The molecule has 0 aliphatic carbocycles. The Morgan fingerprint density at radius 2 is 1.53 bits per heavy atom. The van der Waals surface area contributed by atoms with E-state index >= 15 is 0 Å². The molecular formula is C15H22O2. The van der Waals surface area contributed by atoms with Gasteiger partial charge in [0.2, 0.25) is 0 Å². The largest absolute Gasteiger partial charge is 0.462 e. The van der Waals surface area contributed by atoms with Crippen molar-refractivity contribution in [2.45, 2.75) is 47.0 Å². The maximum absolute atomic E-state index is 12.0. The van der Waals surface area contributed by atoms with Crippen LogP contribution >= 0.6 is 0 Å². The molecule has 0 heterocycles. The Hall–Kier alpha value is -1.31. The molecule has 0 saturated heterocycles. The lowest BCUT2D eigenvalue weighted by molar-refractivity contribution is 0.0524. The van der Waals surface area contributed by atoms with Crippen LogP contribution in [-0.4, -0.2) is 12.6 Å². The first-order valence-corrected chi connectivity index (χ1v) is 6.49. The first-order valence-electron chi connectivity index (χ1n) is 6.49. The highest BCUT2D eigenvalue weighted by Gasteiger charge is 2.16. The number of rotatable bonds is 5. The molecule has 1 aromatic carbocycles. The molecule has 0 atom stereocenters. The standard InChI is InChI=1S/C15H22O2/c1-5-11-9-12(6-2)14(13(7-3)10-11)15(16)17-8-4/h9-10H,5-8H2,1-4H3. The van der Waals surface area contributed by atoms with E-state index in [2.05, 4.69) is 32.9 Å². The van der Waals surface area contributed by atoms with Crippen LogP contribution in [0.15, 0.2) is 12.1 Å². The summed E-state index contributed by atoms with van der Waals surface area (Å²) in [5, 5.41) is 0. The molecule has 0 saturated carbocycles. The van der Waals surface area contributed by atoms with Crippen molar-refractivity contribution in [3.8, 4) is 0 Å². The molecule has 1 aromatic rings. The van der Waals surface area contributed by atoms with Gasteiger partial charge in [-0.1, -0.05) is 32.9 Å². The monoisotopic (exact) mass is 234 g/mol. The number of ether oxygens (including phenoxy) is 1. The van der Waals surface area contributed by atoms with Crippen LogP contribution in [0.25, 0.3) is 0 Å². The van der Waals surface area contributed by atoms with E-state index in [4.69, 9.17) is 4.74 Å². The van der Waals surface area contributed by atoms with E-state index in [1.54, 1.807) is 0 Å². The minimum Gasteiger partial charge on any atom is -0.462 e. The Bertz CT molecular complexity index is 369. The molecule has 0 fully saturated rings. The third-order valence-electron chi connectivity index (χ3n) is 3.01. The molecule has 94 valence electrons. The molecule has 0 aliphatic rings. The van der Waals surface area contributed by atoms with Gasteiger partial charge in [0.1, 0.15) is 0 Å². The second-order valence-corrected chi connectivity index (χ2v) is 4.07. The molecule has 0 spiro atoms. The first kappa shape index (κ1) is 13.8. The van der Waals surface area contributed by atoms with Crippen molar-refractivity contribution in [2.75, 3.05) is 6.61 Å². The summed E-state index contributed by atoms with van der Waals surface area (Å²) in [7, 11) is 0. The van der Waals surface area contributed by atoms with Gasteiger partial charge in [-0.2, -0.15) is 0 Å². The Labute approximate surface area is 104 Å². The lowest BCUT2D eigenvalue weighted by atomic mass is 9.94. The van der Waals surface area contributed by atoms with Gasteiger partial charge in [-0.3, -0.25) is 0 Å². The molecule has 0 amide bonds. The van der Waals surface area contributed by atoms with Crippen molar-refractivity contribution < 1.29 is 9.53 Å². The van der Waals surface area contributed by atoms with Gasteiger partial charge < -0.3 is 4.74 Å². The van der Waals surface area contributed by atoms with Crippen molar-refractivity contribution >= 4 is 5.97 Å². The summed E-state index contributed by atoms with van der Waals surface area (Å²) < 4.78 is 5.15. The van der Waals surface area contributed by atoms with E-state index in [1.165, 1.54) is 5.56 Å². The summed E-state index contributed by atoms with van der Waals surface area (Å²) in [6.07, 6.45) is 2.74. The SMILES string of the molecule is CCOC(=O)c1c(CC)cc(CC)cc1CC. The van der Waals surface area contributed by atoms with Crippen molar-refractivity contribution in [3.05, 3.63) is 34.4 Å². The molecule has 0 radical (unpaired) electrons. The minimum absolute atomic E-state index is 0.177. The highest BCUT2D eigenvalue weighted by atomic mass is 16.5. The second kappa shape index (κ2) is 6.43. The molecule has 0 unspecified atom stereocenters. The Kier molecular flexibility index (Phi) is 5.20. The molecule has 0 bridgehead atoms. The van der Waals surface area contributed by atoms with Crippen LogP contribution < -0.4 is 0 Å². The zero-order valence-corrected chi connectivity index (χ0v) is 11.3. The maximum atomic E-state index is 12.0. The lowest BCUT2D eigenvalue weighted by Gasteiger charge is -2.14. The highest BCUT2D eigenvalue weighted by Crippen LogP contribution is 2.21. The Balaban J connectivity index is 3.29. The quantitative estimate of drug-likeness (QED) is 0.728. The van der Waals surface area contributed by atoms with E-state index in [9.17, 15) is 4.79 Å². The van der Waals surface area contributed by atoms with Gasteiger partial charge in [-0.15, -0.1) is 0 Å². The van der Waals surface area contributed by atoms with Crippen LogP contribution in [0, 0.1) is 0 Å². The zero-order chi connectivity index (χ0) is 12.8. The van der Waals surface area contributed by atoms with Gasteiger partial charge in [-0.05, 0) is 42.9 Å². The van der Waals surface area contributed by atoms with Crippen LogP contribution in [0.2, 0.25) is 0 Å². The molecule has 0 aromatic heterocycles. The van der Waals surface area contributed by atoms with E-state index in [0.29, 0.717) is 6.61 Å². The van der Waals surface area contributed by atoms with Gasteiger partial charge in [0.05, 0.1) is 12.2 Å². The summed E-state index contributed by atoms with van der Waals surface area (Å²) >= 11 is 0. The number of benzene rings is 1. The van der Waals surface area contributed by atoms with Crippen LogP contribution in [0.5, 0.6) is 0 Å². The van der Waals surface area contributed by atoms with E-state index < -0.39 is 0 Å². The number of carbonyl (C=O) groups is 1. The first-order chi connectivity index (χ1) is 8.17. The molecule has 2 heteroatoms. The summed E-state index contributed by atoms with van der Waals surface area (Å²) in [4.78, 5) is 12.0. The molecule has 0 N–H and O–H groups in total. The average Bonchev–Trinajstić information content (AvgIpc) is 2.37. The summed E-state index contributed by atoms with van der Waals surface area (Å²) in [6.45, 7) is 8.57. The smallest absolute Gasteiger partial charge is 0.338 e. The predicted molar refractivity (Wildman–Crippen MR) is 70.5 cm³/mol. The average molecular weight is 234 g/mol. The van der Waals surface area contributed by atoms with E-state index in [1.807, 2.05) is 6.92 Å². The van der Waals surface area contributed by atoms with Crippen molar-refractivity contribution in [1.29, 1.82) is 0 Å². The van der Waals surface area contributed by atoms with Gasteiger partial charge in [0, 0.05) is 0 Å². The van der Waals surface area contributed by atoms with E-state index in [0.717, 1.165) is 36.0 Å². The van der Waals surface area contributed by atoms with Crippen LogP contribution in [0.3, 0.4) is 0 Å². The zero-order valence-electron chi connectivity index (χ0n) is 11.3. The molecule has 2 nitrogen and oxygen atoms in total.